The van der Waals surface area contributed by atoms with E-state index in [4.69, 9.17) is 9.47 Å². The van der Waals surface area contributed by atoms with Crippen LogP contribution >= 0.6 is 0 Å². The van der Waals surface area contributed by atoms with Gasteiger partial charge in [0, 0.05) is 25.7 Å². The molecule has 82 valence electrons. The van der Waals surface area contributed by atoms with Crippen LogP contribution in [0.15, 0.2) is 0 Å². The summed E-state index contributed by atoms with van der Waals surface area (Å²) in [6, 6.07) is 0. The Hall–Kier alpha value is -0.120. The van der Waals surface area contributed by atoms with E-state index in [0.717, 1.165) is 32.6 Å². The van der Waals surface area contributed by atoms with Gasteiger partial charge in [0.1, 0.15) is 5.72 Å². The van der Waals surface area contributed by atoms with Crippen molar-refractivity contribution in [2.45, 2.75) is 44.9 Å². The third-order valence-electron chi connectivity index (χ3n) is 3.35. The third-order valence-corrected chi connectivity index (χ3v) is 3.35. The van der Waals surface area contributed by atoms with Crippen molar-refractivity contribution in [1.29, 1.82) is 0 Å². The maximum atomic E-state index is 6.11. The number of hydrogen-bond acceptors (Lipinski definition) is 3. The Kier molecular flexibility index (Phi) is 2.58. The highest BCUT2D eigenvalue weighted by atomic mass is 16.5. The van der Waals surface area contributed by atoms with Crippen molar-refractivity contribution in [3.63, 3.8) is 0 Å². The molecule has 0 aromatic rings. The van der Waals surface area contributed by atoms with E-state index >= 15 is 0 Å². The zero-order valence-corrected chi connectivity index (χ0v) is 9.43. The molecule has 14 heavy (non-hydrogen) atoms. The Morgan fingerprint density at radius 3 is 2.29 bits per heavy atom. The number of hydrogen-bond donors (Lipinski definition) is 1. The fourth-order valence-corrected chi connectivity index (χ4v) is 2.51. The molecule has 0 saturated carbocycles. The van der Waals surface area contributed by atoms with E-state index in [9.17, 15) is 0 Å². The first-order valence-corrected chi connectivity index (χ1v) is 5.55. The summed E-state index contributed by atoms with van der Waals surface area (Å²) in [7, 11) is 0. The van der Waals surface area contributed by atoms with E-state index in [1.165, 1.54) is 0 Å². The van der Waals surface area contributed by atoms with Crippen molar-refractivity contribution in [2.75, 3.05) is 19.8 Å². The van der Waals surface area contributed by atoms with Gasteiger partial charge in [-0.25, -0.2) is 0 Å². The fraction of sp³-hybridized carbons (Fsp3) is 1.00. The van der Waals surface area contributed by atoms with Crippen molar-refractivity contribution < 1.29 is 9.47 Å². The first-order valence-electron chi connectivity index (χ1n) is 5.55. The lowest BCUT2D eigenvalue weighted by Gasteiger charge is -2.37. The van der Waals surface area contributed by atoms with Crippen LogP contribution in [0.5, 0.6) is 0 Å². The van der Waals surface area contributed by atoms with E-state index in [0.29, 0.717) is 5.92 Å². The molecule has 0 bridgehead atoms. The standard InChI is InChI=1S/C11H21NO2/c1-10(2)8-12-11(3,14-10)9-4-6-13-7-5-9/h9,12H,4-8H2,1-3H3. The molecule has 0 radical (unpaired) electrons. The molecule has 2 aliphatic heterocycles. The molecule has 2 heterocycles. The molecule has 0 aliphatic carbocycles. The first kappa shape index (κ1) is 10.4. The Balaban J connectivity index is 2.01. The highest BCUT2D eigenvalue weighted by Gasteiger charge is 2.45. The second-order valence-electron chi connectivity index (χ2n) is 5.21. The summed E-state index contributed by atoms with van der Waals surface area (Å²) < 4.78 is 11.5. The lowest BCUT2D eigenvalue weighted by molar-refractivity contribution is -0.131. The highest BCUT2D eigenvalue weighted by Crippen LogP contribution is 2.35. The molecule has 0 aromatic heterocycles. The minimum Gasteiger partial charge on any atom is -0.381 e. The summed E-state index contributed by atoms with van der Waals surface area (Å²) >= 11 is 0. The van der Waals surface area contributed by atoms with Crippen LogP contribution in [0.4, 0.5) is 0 Å². The Morgan fingerprint density at radius 1 is 1.14 bits per heavy atom. The molecular weight excluding hydrogens is 178 g/mol. The van der Waals surface area contributed by atoms with Gasteiger partial charge in [-0.3, -0.25) is 5.32 Å². The summed E-state index contributed by atoms with van der Waals surface area (Å²) in [5.74, 6) is 0.595. The largest absolute Gasteiger partial charge is 0.381 e. The molecule has 2 aliphatic rings. The van der Waals surface area contributed by atoms with Gasteiger partial charge in [-0.1, -0.05) is 0 Å². The van der Waals surface area contributed by atoms with Crippen LogP contribution in [0.3, 0.4) is 0 Å². The molecule has 1 N–H and O–H groups in total. The third kappa shape index (κ3) is 1.95. The molecule has 0 aromatic carbocycles. The molecule has 1 unspecified atom stereocenters. The summed E-state index contributed by atoms with van der Waals surface area (Å²) in [5.41, 5.74) is -0.152. The maximum absolute atomic E-state index is 6.11. The monoisotopic (exact) mass is 199 g/mol. The average molecular weight is 199 g/mol. The van der Waals surface area contributed by atoms with Crippen molar-refractivity contribution >= 4 is 0 Å². The van der Waals surface area contributed by atoms with Crippen molar-refractivity contribution in [2.24, 2.45) is 5.92 Å². The van der Waals surface area contributed by atoms with Crippen LogP contribution in [0.25, 0.3) is 0 Å². The number of nitrogens with one attached hydrogen (secondary N) is 1. The Labute approximate surface area is 86.2 Å². The maximum Gasteiger partial charge on any atom is 0.120 e. The molecular formula is C11H21NO2. The summed E-state index contributed by atoms with van der Waals surface area (Å²) in [4.78, 5) is 0. The smallest absolute Gasteiger partial charge is 0.120 e. The summed E-state index contributed by atoms with van der Waals surface area (Å²) in [6.45, 7) is 9.17. The van der Waals surface area contributed by atoms with Gasteiger partial charge in [0.15, 0.2) is 0 Å². The van der Waals surface area contributed by atoms with Gasteiger partial charge >= 0.3 is 0 Å². The van der Waals surface area contributed by atoms with Crippen molar-refractivity contribution in [3.8, 4) is 0 Å². The zero-order valence-electron chi connectivity index (χ0n) is 9.43. The van der Waals surface area contributed by atoms with E-state index in [-0.39, 0.29) is 11.3 Å². The quantitative estimate of drug-likeness (QED) is 0.694. The van der Waals surface area contributed by atoms with Crippen LogP contribution in [-0.4, -0.2) is 31.1 Å². The van der Waals surface area contributed by atoms with Gasteiger partial charge in [0.25, 0.3) is 0 Å². The van der Waals surface area contributed by atoms with Crippen LogP contribution in [0, 0.1) is 5.92 Å². The zero-order chi connectivity index (χ0) is 10.2. The average Bonchev–Trinajstić information content (AvgIpc) is 2.44. The fourth-order valence-electron chi connectivity index (χ4n) is 2.51. The predicted molar refractivity (Wildman–Crippen MR) is 55.1 cm³/mol. The topological polar surface area (TPSA) is 30.5 Å². The summed E-state index contributed by atoms with van der Waals surface area (Å²) in [5, 5.41) is 3.52. The van der Waals surface area contributed by atoms with Crippen LogP contribution < -0.4 is 5.32 Å². The number of rotatable bonds is 1. The van der Waals surface area contributed by atoms with E-state index < -0.39 is 0 Å². The van der Waals surface area contributed by atoms with Crippen molar-refractivity contribution in [3.05, 3.63) is 0 Å². The minimum atomic E-state index is -0.132. The molecule has 0 amide bonds. The van der Waals surface area contributed by atoms with Gasteiger partial charge in [-0.15, -0.1) is 0 Å². The first-order chi connectivity index (χ1) is 6.52. The summed E-state index contributed by atoms with van der Waals surface area (Å²) in [6.07, 6.45) is 2.22. The SMILES string of the molecule is CC1(C)CNC(C)(C2CCOCC2)O1. The molecule has 3 nitrogen and oxygen atoms in total. The van der Waals surface area contributed by atoms with E-state index in [1.807, 2.05) is 0 Å². The van der Waals surface area contributed by atoms with Gasteiger partial charge in [-0.05, 0) is 33.6 Å². The normalized spacial score (nSPS) is 38.8. The van der Waals surface area contributed by atoms with Crippen LogP contribution in [-0.2, 0) is 9.47 Å². The predicted octanol–water partition coefficient (Wildman–Crippen LogP) is 1.53. The Morgan fingerprint density at radius 2 is 1.79 bits per heavy atom. The second kappa shape index (κ2) is 3.47. The second-order valence-corrected chi connectivity index (χ2v) is 5.21. The lowest BCUT2D eigenvalue weighted by atomic mass is 9.90. The molecule has 1 atom stereocenters. The van der Waals surface area contributed by atoms with Gasteiger partial charge in [0.05, 0.1) is 5.60 Å². The van der Waals surface area contributed by atoms with E-state index in [2.05, 4.69) is 26.1 Å². The molecule has 3 heteroatoms. The van der Waals surface area contributed by atoms with E-state index in [1.54, 1.807) is 0 Å². The van der Waals surface area contributed by atoms with Gasteiger partial charge in [-0.2, -0.15) is 0 Å². The van der Waals surface area contributed by atoms with Crippen LogP contribution in [0.2, 0.25) is 0 Å². The molecule has 2 rings (SSSR count). The van der Waals surface area contributed by atoms with Gasteiger partial charge in [0.2, 0.25) is 0 Å². The lowest BCUT2D eigenvalue weighted by Crippen LogP contribution is -2.47. The van der Waals surface area contributed by atoms with Gasteiger partial charge < -0.3 is 9.47 Å². The van der Waals surface area contributed by atoms with Crippen LogP contribution in [0.1, 0.15) is 33.6 Å². The number of ether oxygens (including phenoxy) is 2. The molecule has 2 fully saturated rings. The molecule has 0 spiro atoms. The van der Waals surface area contributed by atoms with Crippen molar-refractivity contribution in [1.82, 2.24) is 5.32 Å². The Bertz CT molecular complexity index is 211. The highest BCUT2D eigenvalue weighted by molar-refractivity contribution is 4.94. The minimum absolute atomic E-state index is 0.0208. The molecule has 2 saturated heterocycles.